The van der Waals surface area contributed by atoms with Crippen LogP contribution in [0.4, 0.5) is 0 Å². The molecule has 3 aliphatic rings. The standard InChI is InChI=1S/C15H25NO4/c1-18-14(17)15(16-11-4-5-11)7-6-12(9-15)20-10-13-3-2-8-19-13/h11-13,16H,2-10H2,1H3. The molecule has 0 radical (unpaired) electrons. The molecule has 3 fully saturated rings. The minimum atomic E-state index is -0.517. The Morgan fingerprint density at radius 2 is 2.20 bits per heavy atom. The zero-order valence-electron chi connectivity index (χ0n) is 12.2. The van der Waals surface area contributed by atoms with Gasteiger partial charge in [-0.2, -0.15) is 0 Å². The zero-order chi connectivity index (χ0) is 14.0. The van der Waals surface area contributed by atoms with Crippen LogP contribution in [0.1, 0.15) is 44.9 Å². The van der Waals surface area contributed by atoms with Gasteiger partial charge >= 0.3 is 5.97 Å². The molecule has 0 amide bonds. The quantitative estimate of drug-likeness (QED) is 0.747. The third kappa shape index (κ3) is 3.15. The molecule has 2 aliphatic carbocycles. The summed E-state index contributed by atoms with van der Waals surface area (Å²) in [6.07, 6.45) is 7.41. The van der Waals surface area contributed by atoms with Gasteiger partial charge in [0, 0.05) is 19.1 Å². The van der Waals surface area contributed by atoms with Crippen molar-refractivity contribution in [3.05, 3.63) is 0 Å². The van der Waals surface area contributed by atoms with Gasteiger partial charge in [0.1, 0.15) is 5.54 Å². The maximum atomic E-state index is 12.1. The van der Waals surface area contributed by atoms with Crippen molar-refractivity contribution in [2.45, 2.75) is 68.7 Å². The first-order valence-electron chi connectivity index (χ1n) is 7.81. The summed E-state index contributed by atoms with van der Waals surface area (Å²) in [6.45, 7) is 1.51. The van der Waals surface area contributed by atoms with Crippen LogP contribution in [0.25, 0.3) is 0 Å². The number of carbonyl (C=O) groups excluding carboxylic acids is 1. The largest absolute Gasteiger partial charge is 0.468 e. The van der Waals surface area contributed by atoms with Crippen LogP contribution in [-0.2, 0) is 19.0 Å². The van der Waals surface area contributed by atoms with Gasteiger partial charge in [-0.3, -0.25) is 10.1 Å². The molecule has 0 aromatic heterocycles. The van der Waals surface area contributed by atoms with Crippen molar-refractivity contribution in [2.75, 3.05) is 20.3 Å². The van der Waals surface area contributed by atoms with E-state index in [1.165, 1.54) is 20.0 Å². The Morgan fingerprint density at radius 1 is 1.35 bits per heavy atom. The molecule has 114 valence electrons. The molecule has 5 nitrogen and oxygen atoms in total. The number of hydrogen-bond donors (Lipinski definition) is 1. The van der Waals surface area contributed by atoms with Crippen LogP contribution in [0.3, 0.4) is 0 Å². The molecule has 1 aliphatic heterocycles. The van der Waals surface area contributed by atoms with E-state index in [4.69, 9.17) is 14.2 Å². The maximum Gasteiger partial charge on any atom is 0.326 e. The Balaban J connectivity index is 1.52. The lowest BCUT2D eigenvalue weighted by Crippen LogP contribution is -2.52. The lowest BCUT2D eigenvalue weighted by atomic mass is 9.97. The van der Waals surface area contributed by atoms with E-state index in [9.17, 15) is 4.79 Å². The van der Waals surface area contributed by atoms with Gasteiger partial charge in [0.25, 0.3) is 0 Å². The molecule has 20 heavy (non-hydrogen) atoms. The predicted octanol–water partition coefficient (Wildman–Crippen LogP) is 1.40. The molecule has 1 N–H and O–H groups in total. The summed E-state index contributed by atoms with van der Waals surface area (Å²) in [5, 5.41) is 3.49. The van der Waals surface area contributed by atoms with E-state index in [-0.39, 0.29) is 18.2 Å². The Hall–Kier alpha value is -0.650. The fourth-order valence-electron chi connectivity index (χ4n) is 3.35. The predicted molar refractivity (Wildman–Crippen MR) is 73.5 cm³/mol. The fraction of sp³-hybridized carbons (Fsp3) is 0.933. The number of ether oxygens (including phenoxy) is 3. The number of carbonyl (C=O) groups is 1. The molecular weight excluding hydrogens is 258 g/mol. The van der Waals surface area contributed by atoms with Crippen molar-refractivity contribution in [1.29, 1.82) is 0 Å². The van der Waals surface area contributed by atoms with Gasteiger partial charge < -0.3 is 14.2 Å². The summed E-state index contributed by atoms with van der Waals surface area (Å²) in [5.41, 5.74) is -0.517. The minimum Gasteiger partial charge on any atom is -0.468 e. The molecule has 0 aromatic rings. The number of methoxy groups -OCH3 is 1. The van der Waals surface area contributed by atoms with Crippen LogP contribution in [-0.4, -0.2) is 50.1 Å². The van der Waals surface area contributed by atoms with Crippen molar-refractivity contribution in [3.8, 4) is 0 Å². The Labute approximate surface area is 120 Å². The van der Waals surface area contributed by atoms with Gasteiger partial charge in [0.15, 0.2) is 0 Å². The monoisotopic (exact) mass is 283 g/mol. The molecule has 0 aromatic carbocycles. The first kappa shape index (κ1) is 14.3. The molecule has 3 rings (SSSR count). The summed E-state index contributed by atoms with van der Waals surface area (Å²) < 4.78 is 16.6. The van der Waals surface area contributed by atoms with Crippen molar-refractivity contribution < 1.29 is 19.0 Å². The number of esters is 1. The SMILES string of the molecule is COC(=O)C1(NC2CC2)CCC(OCC2CCCO2)C1. The summed E-state index contributed by atoms with van der Waals surface area (Å²) >= 11 is 0. The molecular formula is C15H25NO4. The third-order valence-electron chi connectivity index (χ3n) is 4.64. The normalized spacial score (nSPS) is 37.2. The first-order chi connectivity index (χ1) is 9.72. The molecule has 2 saturated carbocycles. The fourth-order valence-corrected chi connectivity index (χ4v) is 3.35. The second kappa shape index (κ2) is 6.00. The summed E-state index contributed by atoms with van der Waals surface area (Å²) in [7, 11) is 1.47. The van der Waals surface area contributed by atoms with Crippen molar-refractivity contribution in [3.63, 3.8) is 0 Å². The number of nitrogens with one attached hydrogen (secondary N) is 1. The Bertz CT molecular complexity index is 352. The average molecular weight is 283 g/mol. The van der Waals surface area contributed by atoms with Crippen molar-refractivity contribution >= 4 is 5.97 Å². The topological polar surface area (TPSA) is 56.8 Å². The van der Waals surface area contributed by atoms with E-state index in [1.807, 2.05) is 0 Å². The second-order valence-corrected chi connectivity index (χ2v) is 6.33. The highest BCUT2D eigenvalue weighted by molar-refractivity contribution is 5.81. The van der Waals surface area contributed by atoms with Crippen LogP contribution in [0.15, 0.2) is 0 Å². The molecule has 5 heteroatoms. The van der Waals surface area contributed by atoms with Crippen LogP contribution < -0.4 is 5.32 Å². The van der Waals surface area contributed by atoms with Gasteiger partial charge in [-0.05, 0) is 38.5 Å². The van der Waals surface area contributed by atoms with Crippen LogP contribution in [0.2, 0.25) is 0 Å². The summed E-state index contributed by atoms with van der Waals surface area (Å²) in [4.78, 5) is 12.1. The lowest BCUT2D eigenvalue weighted by molar-refractivity contribution is -0.149. The van der Waals surface area contributed by atoms with Crippen molar-refractivity contribution in [2.24, 2.45) is 0 Å². The van der Waals surface area contributed by atoms with Crippen LogP contribution in [0.5, 0.6) is 0 Å². The van der Waals surface area contributed by atoms with Gasteiger partial charge in [-0.1, -0.05) is 0 Å². The number of rotatable bonds is 6. The summed E-state index contributed by atoms with van der Waals surface area (Å²) in [6, 6.07) is 0.492. The maximum absolute atomic E-state index is 12.1. The van der Waals surface area contributed by atoms with Crippen LogP contribution in [0, 0.1) is 0 Å². The van der Waals surface area contributed by atoms with Gasteiger partial charge in [0.2, 0.25) is 0 Å². The van der Waals surface area contributed by atoms with Crippen molar-refractivity contribution in [1.82, 2.24) is 5.32 Å². The molecule has 3 unspecified atom stereocenters. The van der Waals surface area contributed by atoms with E-state index in [0.29, 0.717) is 12.6 Å². The molecule has 3 atom stereocenters. The van der Waals surface area contributed by atoms with Gasteiger partial charge in [-0.25, -0.2) is 0 Å². The molecule has 0 spiro atoms. The number of hydrogen-bond acceptors (Lipinski definition) is 5. The summed E-state index contributed by atoms with van der Waals surface area (Å²) in [5.74, 6) is -0.132. The first-order valence-corrected chi connectivity index (χ1v) is 7.81. The minimum absolute atomic E-state index is 0.132. The smallest absolute Gasteiger partial charge is 0.326 e. The highest BCUT2D eigenvalue weighted by Gasteiger charge is 2.49. The third-order valence-corrected chi connectivity index (χ3v) is 4.64. The molecule has 1 heterocycles. The van der Waals surface area contributed by atoms with E-state index in [0.717, 1.165) is 38.7 Å². The van der Waals surface area contributed by atoms with Gasteiger partial charge in [0.05, 0.1) is 25.9 Å². The van der Waals surface area contributed by atoms with E-state index >= 15 is 0 Å². The highest BCUT2D eigenvalue weighted by atomic mass is 16.5. The van der Waals surface area contributed by atoms with E-state index in [1.54, 1.807) is 0 Å². The van der Waals surface area contributed by atoms with Gasteiger partial charge in [-0.15, -0.1) is 0 Å². The molecule has 0 bridgehead atoms. The molecule has 1 saturated heterocycles. The second-order valence-electron chi connectivity index (χ2n) is 6.33. The van der Waals surface area contributed by atoms with Crippen LogP contribution >= 0.6 is 0 Å². The zero-order valence-corrected chi connectivity index (χ0v) is 12.2. The average Bonchev–Trinajstić information content (AvgIpc) is 2.95. The highest BCUT2D eigenvalue weighted by Crippen LogP contribution is 2.36. The van der Waals surface area contributed by atoms with E-state index in [2.05, 4.69) is 5.32 Å². The van der Waals surface area contributed by atoms with E-state index < -0.39 is 5.54 Å². The lowest BCUT2D eigenvalue weighted by Gasteiger charge is -2.28. The Morgan fingerprint density at radius 3 is 2.85 bits per heavy atom. The Kier molecular flexibility index (Phi) is 4.29.